The van der Waals surface area contributed by atoms with Crippen LogP contribution in [0.1, 0.15) is 52.6 Å². The third-order valence-electron chi connectivity index (χ3n) is 8.88. The zero-order valence-corrected chi connectivity index (χ0v) is 20.4. The Morgan fingerprint density at radius 2 is 1.74 bits per heavy atom. The van der Waals surface area contributed by atoms with Gasteiger partial charge >= 0.3 is 5.97 Å². The lowest BCUT2D eigenvalue weighted by Crippen LogP contribution is -2.61. The van der Waals surface area contributed by atoms with Gasteiger partial charge in [-0.15, -0.1) is 0 Å². The number of rotatable bonds is 1. The number of benzene rings is 1. The first-order valence-corrected chi connectivity index (χ1v) is 12.3. The van der Waals surface area contributed by atoms with Gasteiger partial charge in [-0.3, -0.25) is 14.4 Å². The number of hydrogen-bond acceptors (Lipinski definition) is 5. The van der Waals surface area contributed by atoms with Crippen molar-refractivity contribution < 1.29 is 23.9 Å². The van der Waals surface area contributed by atoms with E-state index in [9.17, 15) is 14.4 Å². The Balaban J connectivity index is 1.66. The van der Waals surface area contributed by atoms with Crippen molar-refractivity contribution in [1.29, 1.82) is 0 Å². The van der Waals surface area contributed by atoms with Crippen LogP contribution in [0, 0.1) is 29.6 Å². The Bertz CT molecular complexity index is 1090. The zero-order chi connectivity index (χ0) is 24.4. The van der Waals surface area contributed by atoms with Crippen LogP contribution in [0.2, 0.25) is 0 Å². The standard InChI is InChI=1S/C28H33NO5/c1-15-11-13-20-25-27(5,34-25)18(4)22-23(19-9-7-6-8-10-19)29-26(32)28(20,22)33-21(30)14-12-16(2)24(31)17(15)3/h6-13,15,17-18,20,22-23,25H,14H2,1-5H3,(H,29,32)/t15-,17-,18-,20-,22+,23+,25-,27-,28-/m0/s1. The normalized spacial score (nSPS) is 43.9. The molecule has 1 amide bonds. The molecule has 3 fully saturated rings. The molecule has 0 radical (unpaired) electrons. The lowest BCUT2D eigenvalue weighted by atomic mass is 9.58. The maximum atomic E-state index is 13.8. The molecule has 180 valence electrons. The Labute approximate surface area is 200 Å². The van der Waals surface area contributed by atoms with Gasteiger partial charge in [0, 0.05) is 11.8 Å². The molecule has 1 aromatic rings. The van der Waals surface area contributed by atoms with Gasteiger partial charge in [-0.05, 0) is 36.8 Å². The van der Waals surface area contributed by atoms with E-state index in [0.29, 0.717) is 5.57 Å². The van der Waals surface area contributed by atoms with Crippen molar-refractivity contribution in [3.8, 4) is 0 Å². The van der Waals surface area contributed by atoms with Gasteiger partial charge in [-0.1, -0.05) is 69.3 Å². The number of esters is 1. The lowest BCUT2D eigenvalue weighted by molar-refractivity contribution is -0.181. The summed E-state index contributed by atoms with van der Waals surface area (Å²) in [7, 11) is 0. The first-order valence-electron chi connectivity index (χ1n) is 12.3. The van der Waals surface area contributed by atoms with Crippen LogP contribution in [-0.4, -0.2) is 35.0 Å². The van der Waals surface area contributed by atoms with Crippen LogP contribution in [0.15, 0.2) is 54.1 Å². The largest absolute Gasteiger partial charge is 0.448 e. The Morgan fingerprint density at radius 3 is 2.44 bits per heavy atom. The van der Waals surface area contributed by atoms with E-state index >= 15 is 0 Å². The minimum Gasteiger partial charge on any atom is -0.448 e. The highest BCUT2D eigenvalue weighted by Crippen LogP contribution is 2.65. The van der Waals surface area contributed by atoms with Crippen LogP contribution in [0.4, 0.5) is 0 Å². The van der Waals surface area contributed by atoms with Gasteiger partial charge in [-0.2, -0.15) is 0 Å². The van der Waals surface area contributed by atoms with E-state index < -0.39 is 23.1 Å². The van der Waals surface area contributed by atoms with Crippen LogP contribution in [0.5, 0.6) is 0 Å². The smallest absolute Gasteiger partial charge is 0.310 e. The average molecular weight is 464 g/mol. The van der Waals surface area contributed by atoms with Gasteiger partial charge < -0.3 is 14.8 Å². The molecule has 1 aliphatic carbocycles. The van der Waals surface area contributed by atoms with E-state index in [1.165, 1.54) is 0 Å². The predicted octanol–water partition coefficient (Wildman–Crippen LogP) is 3.93. The van der Waals surface area contributed by atoms with Gasteiger partial charge in [0.25, 0.3) is 5.91 Å². The fourth-order valence-electron chi connectivity index (χ4n) is 6.40. The third-order valence-corrected chi connectivity index (χ3v) is 8.88. The highest BCUT2D eigenvalue weighted by Gasteiger charge is 2.78. The van der Waals surface area contributed by atoms with Crippen molar-refractivity contribution in [2.24, 2.45) is 29.6 Å². The second-order valence-electron chi connectivity index (χ2n) is 10.7. The molecule has 34 heavy (non-hydrogen) atoms. The summed E-state index contributed by atoms with van der Waals surface area (Å²) in [4.78, 5) is 39.8. The van der Waals surface area contributed by atoms with Crippen LogP contribution in [0.25, 0.3) is 0 Å². The number of hydrogen-bond donors (Lipinski definition) is 1. The summed E-state index contributed by atoms with van der Waals surface area (Å²) in [5.41, 5.74) is -0.251. The van der Waals surface area contributed by atoms with Crippen molar-refractivity contribution in [3.05, 3.63) is 59.7 Å². The first kappa shape index (κ1) is 23.0. The minimum atomic E-state index is -1.37. The van der Waals surface area contributed by atoms with Crippen LogP contribution >= 0.6 is 0 Å². The second kappa shape index (κ2) is 7.91. The quantitative estimate of drug-likeness (QED) is 0.388. The van der Waals surface area contributed by atoms with Gasteiger partial charge in [0.1, 0.15) is 0 Å². The molecule has 1 saturated carbocycles. The zero-order valence-electron chi connectivity index (χ0n) is 20.4. The predicted molar refractivity (Wildman–Crippen MR) is 126 cm³/mol. The summed E-state index contributed by atoms with van der Waals surface area (Å²) in [6.07, 6.45) is 5.32. The number of ketones is 1. The minimum absolute atomic E-state index is 0.0191. The van der Waals surface area contributed by atoms with Crippen LogP contribution < -0.4 is 5.32 Å². The van der Waals surface area contributed by atoms with Gasteiger partial charge in [0.15, 0.2) is 5.78 Å². The van der Waals surface area contributed by atoms with Crippen molar-refractivity contribution in [2.75, 3.05) is 0 Å². The molecule has 6 nitrogen and oxygen atoms in total. The van der Waals surface area contributed by atoms with Gasteiger partial charge in [-0.25, -0.2) is 0 Å². The number of fused-ring (bicyclic) bond motifs is 2. The van der Waals surface area contributed by atoms with Crippen molar-refractivity contribution in [3.63, 3.8) is 0 Å². The van der Waals surface area contributed by atoms with Crippen molar-refractivity contribution >= 4 is 17.7 Å². The molecule has 5 rings (SSSR count). The summed E-state index contributed by atoms with van der Waals surface area (Å²) < 4.78 is 12.5. The molecule has 3 heterocycles. The molecule has 2 saturated heterocycles. The number of amides is 1. The number of Topliss-reactive ketones (excluding diaryl/α,β-unsaturated/α-hetero) is 1. The monoisotopic (exact) mass is 463 g/mol. The highest BCUT2D eigenvalue weighted by atomic mass is 16.6. The lowest BCUT2D eigenvalue weighted by Gasteiger charge is -2.46. The summed E-state index contributed by atoms with van der Waals surface area (Å²) in [5, 5.41) is 3.18. The number of ether oxygens (including phenoxy) is 2. The molecule has 6 heteroatoms. The second-order valence-corrected chi connectivity index (χ2v) is 10.7. The summed E-state index contributed by atoms with van der Waals surface area (Å²) in [6.45, 7) is 9.84. The number of nitrogens with one attached hydrogen (secondary N) is 1. The molecular formula is C28H33NO5. The SMILES string of the molecule is CC1=CCC(=O)O[C@]23C(=O)N[C@H](c4ccccc4)[C@H]2[C@H](C)[C@]2(C)O[C@H]2[C@@H]3C=C[C@H](C)[C@H](C)C1=O. The first-order chi connectivity index (χ1) is 16.1. The van der Waals surface area contributed by atoms with Crippen molar-refractivity contribution in [1.82, 2.24) is 5.32 Å². The number of allylic oxidation sites excluding steroid dienone is 2. The fraction of sp³-hybridized carbons (Fsp3) is 0.536. The van der Waals surface area contributed by atoms with E-state index in [-0.39, 0.29) is 53.9 Å². The average Bonchev–Trinajstić information content (AvgIpc) is 3.44. The molecule has 1 aromatic carbocycles. The molecule has 1 spiro atoms. The fourth-order valence-corrected chi connectivity index (χ4v) is 6.40. The van der Waals surface area contributed by atoms with Gasteiger partial charge in [0.2, 0.25) is 5.60 Å². The van der Waals surface area contributed by atoms with E-state index in [4.69, 9.17) is 9.47 Å². The molecule has 0 aromatic heterocycles. The van der Waals surface area contributed by atoms with Crippen LogP contribution in [0.3, 0.4) is 0 Å². The number of epoxide rings is 1. The summed E-state index contributed by atoms with van der Waals surface area (Å²) in [6, 6.07) is 9.57. The molecule has 4 aliphatic rings. The van der Waals surface area contributed by atoms with E-state index in [0.717, 1.165) is 5.56 Å². The summed E-state index contributed by atoms with van der Waals surface area (Å²) in [5.74, 6) is -1.80. The number of carbonyl (C=O) groups is 3. The van der Waals surface area contributed by atoms with E-state index in [2.05, 4.69) is 19.2 Å². The molecule has 1 N–H and O–H groups in total. The van der Waals surface area contributed by atoms with Gasteiger partial charge in [0.05, 0.1) is 30.1 Å². The maximum Gasteiger partial charge on any atom is 0.310 e. The molecular weight excluding hydrogens is 430 g/mol. The Kier molecular flexibility index (Phi) is 5.36. The molecule has 9 atom stereocenters. The highest BCUT2D eigenvalue weighted by molar-refractivity contribution is 5.97. The van der Waals surface area contributed by atoms with E-state index in [1.807, 2.05) is 56.3 Å². The third kappa shape index (κ3) is 3.22. The Morgan fingerprint density at radius 1 is 1.03 bits per heavy atom. The summed E-state index contributed by atoms with van der Waals surface area (Å²) >= 11 is 0. The van der Waals surface area contributed by atoms with E-state index in [1.54, 1.807) is 13.0 Å². The molecule has 3 aliphatic heterocycles. The number of carbonyl (C=O) groups excluding carboxylic acids is 3. The van der Waals surface area contributed by atoms with Crippen molar-refractivity contribution in [2.45, 2.75) is 64.4 Å². The Hall–Kier alpha value is -2.73. The topological polar surface area (TPSA) is 85.0 Å². The maximum absolute atomic E-state index is 13.8. The molecule has 0 unspecified atom stereocenters. The molecule has 0 bridgehead atoms. The van der Waals surface area contributed by atoms with Crippen LogP contribution in [-0.2, 0) is 23.9 Å².